The first kappa shape index (κ1) is 23.5. The summed E-state index contributed by atoms with van der Waals surface area (Å²) in [6.07, 6.45) is -0.670. The Morgan fingerprint density at radius 2 is 1.70 bits per heavy atom. The number of ether oxygens (including phenoxy) is 1. The minimum Gasteiger partial charge on any atom is -0.444 e. The van der Waals surface area contributed by atoms with Crippen LogP contribution in [0.25, 0.3) is 0 Å². The minimum atomic E-state index is -0.670. The van der Waals surface area contributed by atoms with Gasteiger partial charge in [-0.25, -0.2) is 4.79 Å². The number of carbonyl (C=O) groups excluding carboxylic acids is 3. The highest BCUT2D eigenvalue weighted by Gasteiger charge is 2.16. The molecule has 0 radical (unpaired) electrons. The van der Waals surface area contributed by atoms with Gasteiger partial charge >= 0.3 is 6.09 Å². The highest BCUT2D eigenvalue weighted by molar-refractivity contribution is 6.42. The van der Waals surface area contributed by atoms with Crippen LogP contribution in [0.3, 0.4) is 0 Å². The van der Waals surface area contributed by atoms with Gasteiger partial charge in [-0.05, 0) is 56.7 Å². The summed E-state index contributed by atoms with van der Waals surface area (Å²) in [6, 6.07) is 11.6. The Morgan fingerprint density at radius 3 is 2.37 bits per heavy atom. The number of hydrogen-bond acceptors (Lipinski definition) is 4. The van der Waals surface area contributed by atoms with Gasteiger partial charge in [0.1, 0.15) is 12.1 Å². The quantitative estimate of drug-likeness (QED) is 0.606. The maximum Gasteiger partial charge on any atom is 0.408 e. The van der Waals surface area contributed by atoms with Crippen LogP contribution in [0.15, 0.2) is 42.5 Å². The van der Waals surface area contributed by atoms with Gasteiger partial charge in [0.2, 0.25) is 5.91 Å². The molecular formula is C21H23Cl2N3O4. The molecule has 0 spiro atoms. The molecule has 30 heavy (non-hydrogen) atoms. The molecule has 0 heterocycles. The number of rotatable bonds is 6. The monoisotopic (exact) mass is 451 g/mol. The Hall–Kier alpha value is -2.77. The second-order valence-electron chi connectivity index (χ2n) is 7.42. The lowest BCUT2D eigenvalue weighted by atomic mass is 10.1. The van der Waals surface area contributed by atoms with Gasteiger partial charge in [-0.3, -0.25) is 9.59 Å². The van der Waals surface area contributed by atoms with Gasteiger partial charge in [0.05, 0.1) is 10.0 Å². The average molecular weight is 452 g/mol. The van der Waals surface area contributed by atoms with Crippen molar-refractivity contribution in [2.75, 3.05) is 11.9 Å². The van der Waals surface area contributed by atoms with Crippen molar-refractivity contribution in [2.24, 2.45) is 0 Å². The Balaban J connectivity index is 1.86. The molecule has 0 saturated heterocycles. The number of amides is 3. The van der Waals surface area contributed by atoms with E-state index < -0.39 is 17.6 Å². The number of benzene rings is 2. The smallest absolute Gasteiger partial charge is 0.408 e. The van der Waals surface area contributed by atoms with E-state index in [-0.39, 0.29) is 19.0 Å². The molecule has 0 saturated carbocycles. The van der Waals surface area contributed by atoms with Crippen LogP contribution in [-0.4, -0.2) is 30.1 Å². The minimum absolute atomic E-state index is 0.229. The zero-order valence-electron chi connectivity index (χ0n) is 16.8. The van der Waals surface area contributed by atoms with Gasteiger partial charge in [-0.2, -0.15) is 0 Å². The fourth-order valence-corrected chi connectivity index (χ4v) is 2.65. The SMILES string of the molecule is CC(C)(C)OC(=O)NCC(=O)Nc1cccc(CNC(=O)c2ccc(Cl)c(Cl)c2)c1. The molecule has 0 aliphatic heterocycles. The van der Waals surface area contributed by atoms with Crippen LogP contribution in [0, 0.1) is 0 Å². The van der Waals surface area contributed by atoms with E-state index in [0.29, 0.717) is 21.3 Å². The van der Waals surface area contributed by atoms with Crippen LogP contribution in [0.5, 0.6) is 0 Å². The third-order valence-electron chi connectivity index (χ3n) is 3.64. The van der Waals surface area contributed by atoms with E-state index >= 15 is 0 Å². The Morgan fingerprint density at radius 1 is 0.967 bits per heavy atom. The standard InChI is InChI=1S/C21H23Cl2N3O4/c1-21(2,3)30-20(29)25-12-18(27)26-15-6-4-5-13(9-15)11-24-19(28)14-7-8-16(22)17(23)10-14/h4-10H,11-12H2,1-3H3,(H,24,28)(H,25,29)(H,26,27). The molecule has 0 bridgehead atoms. The van der Waals surface area contributed by atoms with E-state index in [2.05, 4.69) is 16.0 Å². The molecule has 160 valence electrons. The van der Waals surface area contributed by atoms with Crippen molar-refractivity contribution in [1.82, 2.24) is 10.6 Å². The molecule has 0 aliphatic rings. The maximum atomic E-state index is 12.3. The normalized spacial score (nSPS) is 10.8. The van der Waals surface area contributed by atoms with Gasteiger partial charge < -0.3 is 20.7 Å². The fraction of sp³-hybridized carbons (Fsp3) is 0.286. The lowest BCUT2D eigenvalue weighted by molar-refractivity contribution is -0.115. The summed E-state index contributed by atoms with van der Waals surface area (Å²) in [6.45, 7) is 5.22. The number of alkyl carbamates (subject to hydrolysis) is 1. The zero-order chi connectivity index (χ0) is 22.3. The molecule has 0 unspecified atom stereocenters. The predicted molar refractivity (Wildman–Crippen MR) is 117 cm³/mol. The summed E-state index contributed by atoms with van der Waals surface area (Å²) in [4.78, 5) is 35.9. The summed E-state index contributed by atoms with van der Waals surface area (Å²) in [5.41, 5.74) is 1.06. The second kappa shape index (κ2) is 10.3. The van der Waals surface area contributed by atoms with E-state index in [1.807, 2.05) is 6.07 Å². The van der Waals surface area contributed by atoms with Crippen LogP contribution in [0.4, 0.5) is 10.5 Å². The number of anilines is 1. The molecule has 0 aliphatic carbocycles. The molecule has 0 aromatic heterocycles. The Kier molecular flexibility index (Phi) is 8.08. The largest absolute Gasteiger partial charge is 0.444 e. The van der Waals surface area contributed by atoms with E-state index in [1.165, 1.54) is 6.07 Å². The highest BCUT2D eigenvalue weighted by atomic mass is 35.5. The number of halogens is 2. The highest BCUT2D eigenvalue weighted by Crippen LogP contribution is 2.22. The molecule has 0 fully saturated rings. The second-order valence-corrected chi connectivity index (χ2v) is 8.23. The van der Waals surface area contributed by atoms with Gasteiger partial charge in [-0.15, -0.1) is 0 Å². The van der Waals surface area contributed by atoms with E-state index in [4.69, 9.17) is 27.9 Å². The van der Waals surface area contributed by atoms with Crippen molar-refractivity contribution in [2.45, 2.75) is 32.9 Å². The van der Waals surface area contributed by atoms with Crippen LogP contribution >= 0.6 is 23.2 Å². The van der Waals surface area contributed by atoms with Crippen LogP contribution in [0.2, 0.25) is 10.0 Å². The molecule has 3 amide bonds. The predicted octanol–water partition coefficient (Wildman–Crippen LogP) is 4.39. The van der Waals surface area contributed by atoms with Crippen LogP contribution in [-0.2, 0) is 16.1 Å². The number of carbonyl (C=O) groups is 3. The molecule has 2 aromatic carbocycles. The summed E-state index contributed by atoms with van der Waals surface area (Å²) < 4.78 is 5.08. The van der Waals surface area contributed by atoms with Crippen molar-refractivity contribution in [3.05, 3.63) is 63.6 Å². The first-order valence-electron chi connectivity index (χ1n) is 9.12. The molecule has 0 atom stereocenters. The lowest BCUT2D eigenvalue weighted by Crippen LogP contribution is -2.37. The van der Waals surface area contributed by atoms with Crippen molar-refractivity contribution >= 4 is 46.8 Å². The van der Waals surface area contributed by atoms with Crippen molar-refractivity contribution < 1.29 is 19.1 Å². The summed E-state index contributed by atoms with van der Waals surface area (Å²) in [5, 5.41) is 8.52. The topological polar surface area (TPSA) is 96.5 Å². The molecule has 2 aromatic rings. The number of hydrogen-bond donors (Lipinski definition) is 3. The molecule has 3 N–H and O–H groups in total. The van der Waals surface area contributed by atoms with E-state index in [9.17, 15) is 14.4 Å². The Bertz CT molecular complexity index is 942. The summed E-state index contributed by atoms with van der Waals surface area (Å²) >= 11 is 11.8. The van der Waals surface area contributed by atoms with Gasteiger partial charge in [0.25, 0.3) is 5.91 Å². The lowest BCUT2D eigenvalue weighted by Gasteiger charge is -2.19. The van der Waals surface area contributed by atoms with Gasteiger partial charge in [0.15, 0.2) is 0 Å². The third kappa shape index (κ3) is 7.93. The van der Waals surface area contributed by atoms with Crippen molar-refractivity contribution in [3.8, 4) is 0 Å². The van der Waals surface area contributed by atoms with E-state index in [0.717, 1.165) is 5.56 Å². The van der Waals surface area contributed by atoms with Crippen LogP contribution in [0.1, 0.15) is 36.7 Å². The molecule has 9 heteroatoms. The van der Waals surface area contributed by atoms with Crippen molar-refractivity contribution in [1.29, 1.82) is 0 Å². The first-order chi connectivity index (χ1) is 14.0. The fourth-order valence-electron chi connectivity index (χ4n) is 2.35. The summed E-state index contributed by atoms with van der Waals surface area (Å²) in [5.74, 6) is -0.706. The molecular weight excluding hydrogens is 429 g/mol. The molecule has 2 rings (SSSR count). The maximum absolute atomic E-state index is 12.3. The van der Waals surface area contributed by atoms with Gasteiger partial charge in [-0.1, -0.05) is 35.3 Å². The summed E-state index contributed by atoms with van der Waals surface area (Å²) in [7, 11) is 0. The molecule has 7 nitrogen and oxygen atoms in total. The van der Waals surface area contributed by atoms with Crippen LogP contribution < -0.4 is 16.0 Å². The third-order valence-corrected chi connectivity index (χ3v) is 4.38. The van der Waals surface area contributed by atoms with Gasteiger partial charge in [0, 0.05) is 17.8 Å². The Labute approximate surface area is 185 Å². The van der Waals surface area contributed by atoms with Crippen molar-refractivity contribution in [3.63, 3.8) is 0 Å². The first-order valence-corrected chi connectivity index (χ1v) is 9.88. The number of nitrogens with one attached hydrogen (secondary N) is 3. The van der Waals surface area contributed by atoms with E-state index in [1.54, 1.807) is 51.1 Å². The zero-order valence-corrected chi connectivity index (χ0v) is 18.4. The average Bonchev–Trinajstić information content (AvgIpc) is 2.65.